The summed E-state index contributed by atoms with van der Waals surface area (Å²) in [5.74, 6) is -0.403. The third-order valence-electron chi connectivity index (χ3n) is 6.64. The van der Waals surface area contributed by atoms with Crippen LogP contribution in [0.3, 0.4) is 0 Å². The number of carbonyl (C=O) groups is 1. The van der Waals surface area contributed by atoms with Gasteiger partial charge in [0.15, 0.2) is 9.84 Å². The zero-order valence-electron chi connectivity index (χ0n) is 21.8. The van der Waals surface area contributed by atoms with Crippen LogP contribution in [0.25, 0.3) is 0 Å². The van der Waals surface area contributed by atoms with Gasteiger partial charge in [-0.25, -0.2) is 16.8 Å². The average molecular weight is 551 g/mol. The Morgan fingerprint density at radius 3 is 2.32 bits per heavy atom. The molecule has 1 atom stereocenters. The Morgan fingerprint density at radius 1 is 1.05 bits per heavy atom. The number of nitrogens with one attached hydrogen (secondary N) is 1. The summed E-state index contributed by atoms with van der Waals surface area (Å²) >= 11 is 0. The number of rotatable bonds is 12. The van der Waals surface area contributed by atoms with Crippen molar-refractivity contribution in [2.75, 3.05) is 46.7 Å². The molecule has 0 unspecified atom stereocenters. The van der Waals surface area contributed by atoms with Crippen molar-refractivity contribution in [3.63, 3.8) is 0 Å². The predicted octanol–water partition coefficient (Wildman–Crippen LogP) is 3.62. The number of benzene rings is 2. The number of unbranched alkanes of at least 4 members (excludes halogenated alkanes) is 4. The smallest absolute Gasteiger partial charge is 0.257 e. The van der Waals surface area contributed by atoms with Crippen molar-refractivity contribution in [1.29, 1.82) is 0 Å². The highest BCUT2D eigenvalue weighted by Gasteiger charge is 2.25. The monoisotopic (exact) mass is 550 g/mol. The Labute approximate surface area is 221 Å². The van der Waals surface area contributed by atoms with Gasteiger partial charge in [-0.05, 0) is 55.3 Å². The Bertz CT molecular complexity index is 1290. The first kappa shape index (κ1) is 28.9. The molecule has 0 radical (unpaired) electrons. The van der Waals surface area contributed by atoms with E-state index in [1.807, 2.05) is 0 Å². The van der Waals surface area contributed by atoms with E-state index in [-0.39, 0.29) is 27.9 Å². The van der Waals surface area contributed by atoms with E-state index in [0.29, 0.717) is 18.7 Å². The number of amides is 1. The lowest BCUT2D eigenvalue weighted by Crippen LogP contribution is -2.29. The van der Waals surface area contributed by atoms with E-state index in [9.17, 15) is 21.6 Å². The van der Waals surface area contributed by atoms with Gasteiger partial charge >= 0.3 is 0 Å². The Morgan fingerprint density at radius 2 is 1.73 bits per heavy atom. The minimum Gasteiger partial charge on any atom is -0.370 e. The second kappa shape index (κ2) is 12.3. The summed E-state index contributed by atoms with van der Waals surface area (Å²) in [6.07, 6.45) is 6.65. The van der Waals surface area contributed by atoms with Gasteiger partial charge in [0.05, 0.1) is 28.2 Å². The third kappa shape index (κ3) is 7.68. The number of hydrogen-bond donors (Lipinski definition) is 2. The topological polar surface area (TPSA) is 130 Å². The Kier molecular flexibility index (Phi) is 9.60. The zero-order chi connectivity index (χ0) is 27.2. The number of carbonyl (C=O) groups excluding carboxylic acids is 1. The lowest BCUT2D eigenvalue weighted by Gasteiger charge is -2.24. The molecule has 9 nitrogen and oxygen atoms in total. The standard InChI is InChI=1S/C26H38N4O5S2/c1-4-5-6-7-8-17-37(34,35)23-12-9-21(10-13-23)28-26(31)24-14-11-22(30-16-15-20(27)19-30)18-25(24)29(2)36(3,32)33/h9-14,18,20H,4-8,15-17,19,27H2,1-3H3,(H,28,31)/t20-/m0/s1. The van der Waals surface area contributed by atoms with Crippen molar-refractivity contribution in [3.8, 4) is 0 Å². The van der Waals surface area contributed by atoms with Crippen molar-refractivity contribution < 1.29 is 21.6 Å². The van der Waals surface area contributed by atoms with Gasteiger partial charge in [0.1, 0.15) is 0 Å². The van der Waals surface area contributed by atoms with Crippen molar-refractivity contribution >= 4 is 42.8 Å². The molecule has 1 fully saturated rings. The molecule has 1 aliphatic heterocycles. The molecule has 3 rings (SSSR count). The summed E-state index contributed by atoms with van der Waals surface area (Å²) in [6.45, 7) is 3.52. The van der Waals surface area contributed by atoms with Gasteiger partial charge in [0.25, 0.3) is 5.91 Å². The van der Waals surface area contributed by atoms with E-state index in [2.05, 4.69) is 17.1 Å². The second-order valence-electron chi connectivity index (χ2n) is 9.64. The molecule has 1 amide bonds. The molecule has 204 valence electrons. The van der Waals surface area contributed by atoms with Crippen molar-refractivity contribution in [3.05, 3.63) is 48.0 Å². The lowest BCUT2D eigenvalue weighted by atomic mass is 10.1. The van der Waals surface area contributed by atoms with Crippen LogP contribution >= 0.6 is 0 Å². The number of nitrogens with zero attached hydrogens (tertiary/aromatic N) is 2. The van der Waals surface area contributed by atoms with Gasteiger partial charge in [-0.15, -0.1) is 0 Å². The lowest BCUT2D eigenvalue weighted by molar-refractivity contribution is 0.102. The zero-order valence-corrected chi connectivity index (χ0v) is 23.4. The molecule has 2 aromatic carbocycles. The molecular formula is C26H38N4O5S2. The first-order valence-corrected chi connectivity index (χ1v) is 16.1. The van der Waals surface area contributed by atoms with Crippen molar-refractivity contribution in [1.82, 2.24) is 0 Å². The molecular weight excluding hydrogens is 512 g/mol. The molecule has 1 aliphatic rings. The highest BCUT2D eigenvalue weighted by molar-refractivity contribution is 7.92. The van der Waals surface area contributed by atoms with Crippen LogP contribution in [0.15, 0.2) is 47.4 Å². The van der Waals surface area contributed by atoms with Crippen LogP contribution in [0.4, 0.5) is 17.1 Å². The number of hydrogen-bond acceptors (Lipinski definition) is 7. The van der Waals surface area contributed by atoms with E-state index in [4.69, 9.17) is 5.73 Å². The minimum atomic E-state index is -3.63. The van der Waals surface area contributed by atoms with Gasteiger partial charge in [-0.2, -0.15) is 0 Å². The Hall–Kier alpha value is -2.63. The van der Waals surface area contributed by atoms with Gasteiger partial charge in [-0.1, -0.05) is 32.6 Å². The van der Waals surface area contributed by atoms with E-state index in [1.165, 1.54) is 19.2 Å². The van der Waals surface area contributed by atoms with Crippen LogP contribution in [-0.4, -0.2) is 60.9 Å². The van der Waals surface area contributed by atoms with E-state index in [1.54, 1.807) is 30.3 Å². The van der Waals surface area contributed by atoms with Crippen molar-refractivity contribution in [2.24, 2.45) is 5.73 Å². The van der Waals surface area contributed by atoms with Crippen LogP contribution in [0, 0.1) is 0 Å². The fourth-order valence-electron chi connectivity index (χ4n) is 4.33. The number of anilines is 3. The van der Waals surface area contributed by atoms with E-state index >= 15 is 0 Å². The van der Waals surface area contributed by atoms with Gasteiger partial charge in [-0.3, -0.25) is 9.10 Å². The molecule has 0 aromatic heterocycles. The normalized spacial score (nSPS) is 16.1. The number of sulfonamides is 1. The number of sulfone groups is 1. The molecule has 0 bridgehead atoms. The summed E-state index contributed by atoms with van der Waals surface area (Å²) in [4.78, 5) is 15.5. The summed E-state index contributed by atoms with van der Waals surface area (Å²) < 4.78 is 51.0. The molecule has 1 saturated heterocycles. The molecule has 3 N–H and O–H groups in total. The highest BCUT2D eigenvalue weighted by Crippen LogP contribution is 2.30. The number of nitrogens with two attached hydrogens (primary N) is 1. The van der Waals surface area contributed by atoms with Gasteiger partial charge in [0.2, 0.25) is 10.0 Å². The Balaban J connectivity index is 1.77. The highest BCUT2D eigenvalue weighted by atomic mass is 32.2. The maximum absolute atomic E-state index is 13.2. The maximum Gasteiger partial charge on any atom is 0.257 e. The molecule has 2 aromatic rings. The fraction of sp³-hybridized carbons (Fsp3) is 0.500. The van der Waals surface area contributed by atoms with Crippen LogP contribution in [-0.2, 0) is 19.9 Å². The first-order chi connectivity index (χ1) is 17.4. The second-order valence-corrected chi connectivity index (χ2v) is 13.8. The van der Waals surface area contributed by atoms with Crippen LogP contribution in [0.1, 0.15) is 55.8 Å². The SMILES string of the molecule is CCCCCCCS(=O)(=O)c1ccc(NC(=O)c2ccc(N3CC[C@H](N)C3)cc2N(C)S(C)(=O)=O)cc1. The fourth-order valence-corrected chi connectivity index (χ4v) is 6.21. The molecule has 11 heteroatoms. The average Bonchev–Trinajstić information content (AvgIpc) is 3.29. The minimum absolute atomic E-state index is 0.0481. The van der Waals surface area contributed by atoms with E-state index in [0.717, 1.165) is 54.9 Å². The van der Waals surface area contributed by atoms with Crippen molar-refractivity contribution in [2.45, 2.75) is 56.4 Å². The van der Waals surface area contributed by atoms with Crippen LogP contribution < -0.4 is 20.3 Å². The van der Waals surface area contributed by atoms with Gasteiger partial charge in [0, 0.05) is 37.6 Å². The third-order valence-corrected chi connectivity index (χ3v) is 9.65. The molecule has 0 spiro atoms. The quantitative estimate of drug-likeness (QED) is 0.386. The summed E-state index contributed by atoms with van der Waals surface area (Å²) in [6, 6.07) is 11.2. The summed E-state index contributed by atoms with van der Waals surface area (Å²) in [5, 5.41) is 2.76. The van der Waals surface area contributed by atoms with Gasteiger partial charge < -0.3 is 16.0 Å². The van der Waals surface area contributed by atoms with Crippen LogP contribution in [0.2, 0.25) is 0 Å². The molecule has 37 heavy (non-hydrogen) atoms. The molecule has 1 heterocycles. The van der Waals surface area contributed by atoms with Crippen LogP contribution in [0.5, 0.6) is 0 Å². The largest absolute Gasteiger partial charge is 0.370 e. The summed E-state index contributed by atoms with van der Waals surface area (Å²) in [7, 11) is -5.62. The maximum atomic E-state index is 13.2. The summed E-state index contributed by atoms with van der Waals surface area (Å²) in [5.41, 5.74) is 7.66. The molecule has 0 saturated carbocycles. The van der Waals surface area contributed by atoms with E-state index < -0.39 is 25.8 Å². The first-order valence-electron chi connectivity index (χ1n) is 12.6. The molecule has 0 aliphatic carbocycles. The predicted molar refractivity (Wildman–Crippen MR) is 150 cm³/mol.